The highest BCUT2D eigenvalue weighted by Crippen LogP contribution is 2.35. The van der Waals surface area contributed by atoms with Crippen LogP contribution in [0.2, 0.25) is 0 Å². The molecule has 0 aliphatic carbocycles. The summed E-state index contributed by atoms with van der Waals surface area (Å²) < 4.78 is 21.1. The van der Waals surface area contributed by atoms with Crippen LogP contribution in [0.25, 0.3) is 26.1 Å². The molecule has 0 atom stereocenters. The number of anilines is 1. The van der Waals surface area contributed by atoms with Gasteiger partial charge in [0.05, 0.1) is 29.4 Å². The lowest BCUT2D eigenvalue weighted by Gasteiger charge is -2.13. The van der Waals surface area contributed by atoms with Crippen molar-refractivity contribution in [1.82, 2.24) is 14.5 Å². The van der Waals surface area contributed by atoms with Gasteiger partial charge < -0.3 is 9.64 Å². The van der Waals surface area contributed by atoms with Gasteiger partial charge in [0.15, 0.2) is 0 Å². The number of halogens is 1. The van der Waals surface area contributed by atoms with Gasteiger partial charge in [-0.05, 0) is 18.2 Å². The van der Waals surface area contributed by atoms with Crippen molar-refractivity contribution in [3.8, 4) is 11.4 Å². The second-order valence-corrected chi connectivity index (χ2v) is 6.92. The first kappa shape index (κ1) is 16.5. The summed E-state index contributed by atoms with van der Waals surface area (Å²) in [6.07, 6.45) is 3.05. The molecule has 4 aromatic rings. The van der Waals surface area contributed by atoms with Gasteiger partial charge in [-0.2, -0.15) is 0 Å². The largest absolute Gasteiger partial charge is 0.497 e. The Kier molecular flexibility index (Phi) is 3.84. The molecule has 132 valence electrons. The van der Waals surface area contributed by atoms with E-state index >= 15 is 0 Å². The Labute approximate surface area is 152 Å². The summed E-state index contributed by atoms with van der Waals surface area (Å²) in [5, 5.41) is 0.827. The van der Waals surface area contributed by atoms with Crippen molar-refractivity contribution in [3.05, 3.63) is 53.0 Å². The molecule has 3 aromatic heterocycles. The van der Waals surface area contributed by atoms with Gasteiger partial charge in [0.1, 0.15) is 27.4 Å². The van der Waals surface area contributed by atoms with Crippen molar-refractivity contribution in [2.75, 3.05) is 26.1 Å². The predicted molar refractivity (Wildman–Crippen MR) is 101 cm³/mol. The molecule has 1 aromatic carbocycles. The molecule has 0 fully saturated rings. The van der Waals surface area contributed by atoms with Crippen molar-refractivity contribution in [1.29, 1.82) is 0 Å². The lowest BCUT2D eigenvalue weighted by molar-refractivity contribution is 0.413. The average Bonchev–Trinajstić information content (AvgIpc) is 3.02. The van der Waals surface area contributed by atoms with Crippen LogP contribution in [0, 0.1) is 5.82 Å². The molecule has 0 unspecified atom stereocenters. The van der Waals surface area contributed by atoms with Gasteiger partial charge in [-0.15, -0.1) is 11.3 Å². The van der Waals surface area contributed by atoms with Crippen LogP contribution in [0.15, 0.2) is 41.6 Å². The number of methoxy groups -OCH3 is 1. The summed E-state index contributed by atoms with van der Waals surface area (Å²) in [5.41, 5.74) is 1.27. The second kappa shape index (κ2) is 6.06. The maximum absolute atomic E-state index is 14.3. The average molecular weight is 370 g/mol. The Balaban J connectivity index is 2.04. The van der Waals surface area contributed by atoms with Crippen molar-refractivity contribution in [2.45, 2.75) is 0 Å². The standard InChI is InChI=1S/C18H15FN4O2S/c1-22(2)12-6-7-20-17-14(12)15-16(26-17)18(24)23(9-21-15)13-8-10(25-3)4-5-11(13)19/h4-9H,1-3H3. The number of hydrogen-bond donors (Lipinski definition) is 0. The van der Waals surface area contributed by atoms with Crippen LogP contribution in [0.4, 0.5) is 10.1 Å². The topological polar surface area (TPSA) is 60.2 Å². The normalized spacial score (nSPS) is 11.2. The predicted octanol–water partition coefficient (Wildman–Crippen LogP) is 3.21. The number of nitrogens with zero attached hydrogens (tertiary/aromatic N) is 4. The lowest BCUT2D eigenvalue weighted by atomic mass is 10.2. The van der Waals surface area contributed by atoms with E-state index in [1.54, 1.807) is 6.20 Å². The number of pyridine rings is 1. The molecular weight excluding hydrogens is 355 g/mol. The number of thiophene rings is 1. The van der Waals surface area contributed by atoms with Crippen LogP contribution in [0.5, 0.6) is 5.75 Å². The van der Waals surface area contributed by atoms with E-state index in [1.807, 2.05) is 25.1 Å². The number of fused-ring (bicyclic) bond motifs is 3. The third-order valence-corrected chi connectivity index (χ3v) is 5.23. The highest BCUT2D eigenvalue weighted by atomic mass is 32.1. The first-order valence-electron chi connectivity index (χ1n) is 7.81. The molecule has 0 saturated heterocycles. The molecule has 0 saturated carbocycles. The minimum atomic E-state index is -0.526. The highest BCUT2D eigenvalue weighted by Gasteiger charge is 2.18. The van der Waals surface area contributed by atoms with E-state index in [0.29, 0.717) is 16.0 Å². The Hall–Kier alpha value is -3.00. The van der Waals surface area contributed by atoms with Gasteiger partial charge in [0.2, 0.25) is 0 Å². The zero-order valence-corrected chi connectivity index (χ0v) is 15.2. The molecule has 0 aliphatic heterocycles. The molecule has 6 nitrogen and oxygen atoms in total. The van der Waals surface area contributed by atoms with E-state index in [9.17, 15) is 9.18 Å². The van der Waals surface area contributed by atoms with Gasteiger partial charge in [-0.3, -0.25) is 9.36 Å². The molecule has 0 spiro atoms. The van der Waals surface area contributed by atoms with Crippen LogP contribution in [0.3, 0.4) is 0 Å². The Morgan fingerprint density at radius 3 is 2.77 bits per heavy atom. The summed E-state index contributed by atoms with van der Waals surface area (Å²) in [6.45, 7) is 0. The molecule has 0 aliphatic rings. The summed E-state index contributed by atoms with van der Waals surface area (Å²) in [7, 11) is 5.33. The van der Waals surface area contributed by atoms with Crippen LogP contribution < -0.4 is 15.2 Å². The second-order valence-electron chi connectivity index (χ2n) is 5.92. The van der Waals surface area contributed by atoms with Crippen LogP contribution in [-0.2, 0) is 0 Å². The van der Waals surface area contributed by atoms with Gasteiger partial charge in [0.25, 0.3) is 5.56 Å². The van der Waals surface area contributed by atoms with Crippen molar-refractivity contribution in [2.24, 2.45) is 0 Å². The number of ether oxygens (including phenoxy) is 1. The molecule has 0 radical (unpaired) electrons. The minimum absolute atomic E-state index is 0.0991. The monoisotopic (exact) mass is 370 g/mol. The molecule has 26 heavy (non-hydrogen) atoms. The van der Waals surface area contributed by atoms with Crippen LogP contribution in [-0.4, -0.2) is 35.7 Å². The third-order valence-electron chi connectivity index (χ3n) is 4.15. The molecule has 0 N–H and O–H groups in total. The van der Waals surface area contributed by atoms with Crippen molar-refractivity contribution >= 4 is 37.5 Å². The van der Waals surface area contributed by atoms with E-state index in [2.05, 4.69) is 9.97 Å². The maximum Gasteiger partial charge on any atom is 0.276 e. The van der Waals surface area contributed by atoms with E-state index in [1.165, 1.54) is 47.5 Å². The number of aromatic nitrogens is 3. The number of benzene rings is 1. The Bertz CT molecular complexity index is 1200. The smallest absolute Gasteiger partial charge is 0.276 e. The molecular formula is C18H15FN4O2S. The SMILES string of the molecule is COc1ccc(F)c(-n2cnc3c(sc4nccc(N(C)C)c43)c2=O)c1. The summed E-state index contributed by atoms with van der Waals surface area (Å²) >= 11 is 1.26. The fraction of sp³-hybridized carbons (Fsp3) is 0.167. The first-order valence-corrected chi connectivity index (χ1v) is 8.63. The quantitative estimate of drug-likeness (QED) is 0.554. The Morgan fingerprint density at radius 2 is 2.04 bits per heavy atom. The molecule has 4 rings (SSSR count). The highest BCUT2D eigenvalue weighted by molar-refractivity contribution is 7.25. The fourth-order valence-corrected chi connectivity index (χ4v) is 3.93. The van der Waals surface area contributed by atoms with E-state index < -0.39 is 5.82 Å². The van der Waals surface area contributed by atoms with E-state index in [0.717, 1.165) is 15.9 Å². The zero-order valence-electron chi connectivity index (χ0n) is 14.4. The summed E-state index contributed by atoms with van der Waals surface area (Å²) in [5.74, 6) is -0.0661. The molecule has 8 heteroatoms. The summed E-state index contributed by atoms with van der Waals surface area (Å²) in [6, 6.07) is 6.12. The van der Waals surface area contributed by atoms with Gasteiger partial charge in [-0.25, -0.2) is 14.4 Å². The Morgan fingerprint density at radius 1 is 1.23 bits per heavy atom. The molecule has 0 amide bonds. The fourth-order valence-electron chi connectivity index (χ4n) is 2.89. The van der Waals surface area contributed by atoms with E-state index in [-0.39, 0.29) is 11.2 Å². The van der Waals surface area contributed by atoms with Gasteiger partial charge in [0, 0.05) is 26.4 Å². The number of rotatable bonds is 3. The lowest BCUT2D eigenvalue weighted by Crippen LogP contribution is -2.19. The molecule has 3 heterocycles. The summed E-state index contributed by atoms with van der Waals surface area (Å²) in [4.78, 5) is 24.5. The van der Waals surface area contributed by atoms with Gasteiger partial charge in [-0.1, -0.05) is 0 Å². The number of hydrogen-bond acceptors (Lipinski definition) is 6. The third kappa shape index (κ3) is 2.41. The molecule has 0 bridgehead atoms. The minimum Gasteiger partial charge on any atom is -0.497 e. The first-order chi connectivity index (χ1) is 12.5. The van der Waals surface area contributed by atoms with Gasteiger partial charge >= 0.3 is 0 Å². The van der Waals surface area contributed by atoms with Crippen molar-refractivity contribution in [3.63, 3.8) is 0 Å². The van der Waals surface area contributed by atoms with E-state index in [4.69, 9.17) is 4.74 Å². The zero-order chi connectivity index (χ0) is 18.4. The van der Waals surface area contributed by atoms with Crippen LogP contribution in [0.1, 0.15) is 0 Å². The van der Waals surface area contributed by atoms with Crippen LogP contribution >= 0.6 is 11.3 Å². The maximum atomic E-state index is 14.3. The van der Waals surface area contributed by atoms with Crippen molar-refractivity contribution < 1.29 is 9.13 Å².